The third kappa shape index (κ3) is 5.82. The second-order valence-corrected chi connectivity index (χ2v) is 8.10. The van der Waals surface area contributed by atoms with Gasteiger partial charge in [0.05, 0.1) is 4.90 Å². The molecule has 7 nitrogen and oxygen atoms in total. The molecule has 1 aliphatic carbocycles. The fraction of sp³-hybridized carbons (Fsp3) is 0.529. The molecule has 138 valence electrons. The Kier molecular flexibility index (Phi) is 6.55. The van der Waals surface area contributed by atoms with Crippen LogP contribution in [-0.4, -0.2) is 38.0 Å². The molecule has 0 saturated heterocycles. The number of rotatable bonds is 10. The number of carbonyl (C=O) groups is 2. The van der Waals surface area contributed by atoms with Gasteiger partial charge in [0.25, 0.3) is 5.91 Å². The first kappa shape index (κ1) is 19.4. The molecule has 1 aliphatic rings. The minimum Gasteiger partial charge on any atom is -0.480 e. The predicted molar refractivity (Wildman–Crippen MR) is 92.8 cm³/mol. The molecule has 0 spiro atoms. The Hall–Kier alpha value is -1.93. The number of hydrogen-bond acceptors (Lipinski definition) is 4. The molecule has 1 fully saturated rings. The van der Waals surface area contributed by atoms with Crippen LogP contribution in [0.3, 0.4) is 0 Å². The standard InChI is InChI=1S/C17H24N2O5S/c1-2-3-7-15(17(21)22)19-16(20)13-5-4-6-14(10-13)25(23,24)18-11-12-8-9-12/h4-6,10,12,15,18H,2-3,7-9,11H2,1H3,(H,19,20)(H,21,22)/t15-/m0/s1. The minimum atomic E-state index is -3.68. The molecule has 1 atom stereocenters. The molecule has 8 heteroatoms. The van der Waals surface area contributed by atoms with Crippen LogP contribution in [0.15, 0.2) is 29.2 Å². The van der Waals surface area contributed by atoms with Gasteiger partial charge in [-0.05, 0) is 43.4 Å². The number of aliphatic carboxylic acids is 1. The van der Waals surface area contributed by atoms with E-state index in [4.69, 9.17) is 0 Å². The molecule has 1 aromatic carbocycles. The van der Waals surface area contributed by atoms with E-state index >= 15 is 0 Å². The van der Waals surface area contributed by atoms with Crippen molar-refractivity contribution in [2.45, 2.75) is 50.0 Å². The van der Waals surface area contributed by atoms with Gasteiger partial charge in [-0.2, -0.15) is 0 Å². The highest BCUT2D eigenvalue weighted by molar-refractivity contribution is 7.89. The Morgan fingerprint density at radius 1 is 1.32 bits per heavy atom. The molecule has 2 rings (SSSR count). The summed E-state index contributed by atoms with van der Waals surface area (Å²) >= 11 is 0. The molecule has 1 saturated carbocycles. The largest absolute Gasteiger partial charge is 0.480 e. The van der Waals surface area contributed by atoms with Gasteiger partial charge in [-0.25, -0.2) is 17.9 Å². The molecule has 0 bridgehead atoms. The van der Waals surface area contributed by atoms with Gasteiger partial charge < -0.3 is 10.4 Å². The summed E-state index contributed by atoms with van der Waals surface area (Å²) < 4.78 is 27.1. The van der Waals surface area contributed by atoms with Crippen molar-refractivity contribution in [2.24, 2.45) is 5.92 Å². The maximum Gasteiger partial charge on any atom is 0.326 e. The molecule has 0 radical (unpaired) electrons. The van der Waals surface area contributed by atoms with Gasteiger partial charge in [0.2, 0.25) is 10.0 Å². The normalized spacial score (nSPS) is 15.6. The topological polar surface area (TPSA) is 113 Å². The zero-order valence-corrected chi connectivity index (χ0v) is 15.0. The van der Waals surface area contributed by atoms with Crippen LogP contribution in [0.1, 0.15) is 49.4 Å². The van der Waals surface area contributed by atoms with Gasteiger partial charge >= 0.3 is 5.97 Å². The van der Waals surface area contributed by atoms with Crippen LogP contribution in [0, 0.1) is 5.92 Å². The zero-order chi connectivity index (χ0) is 18.4. The Morgan fingerprint density at radius 3 is 2.64 bits per heavy atom. The summed E-state index contributed by atoms with van der Waals surface area (Å²) in [5, 5.41) is 11.6. The minimum absolute atomic E-state index is 0.00114. The van der Waals surface area contributed by atoms with Crippen LogP contribution in [0.4, 0.5) is 0 Å². The van der Waals surface area contributed by atoms with Crippen molar-refractivity contribution in [3.8, 4) is 0 Å². The molecule has 0 aliphatic heterocycles. The van der Waals surface area contributed by atoms with Crippen molar-refractivity contribution in [1.82, 2.24) is 10.0 Å². The highest BCUT2D eigenvalue weighted by Gasteiger charge is 2.25. The van der Waals surface area contributed by atoms with Crippen LogP contribution in [0.2, 0.25) is 0 Å². The Balaban J connectivity index is 2.08. The fourth-order valence-electron chi connectivity index (χ4n) is 2.34. The number of carboxylic acid groups (broad SMARTS) is 1. The van der Waals surface area contributed by atoms with Crippen LogP contribution < -0.4 is 10.0 Å². The number of carbonyl (C=O) groups excluding carboxylic acids is 1. The van der Waals surface area contributed by atoms with Crippen molar-refractivity contribution in [3.05, 3.63) is 29.8 Å². The Bertz CT molecular complexity index is 728. The first-order chi connectivity index (χ1) is 11.8. The maximum atomic E-state index is 12.3. The molecule has 3 N–H and O–H groups in total. The number of sulfonamides is 1. The van der Waals surface area contributed by atoms with Crippen LogP contribution in [0.25, 0.3) is 0 Å². The molecule has 25 heavy (non-hydrogen) atoms. The second-order valence-electron chi connectivity index (χ2n) is 6.33. The lowest BCUT2D eigenvalue weighted by atomic mass is 10.1. The summed E-state index contributed by atoms with van der Waals surface area (Å²) in [6, 6.07) is 4.64. The first-order valence-corrected chi connectivity index (χ1v) is 9.95. The quantitative estimate of drug-likeness (QED) is 0.582. The lowest BCUT2D eigenvalue weighted by Gasteiger charge is -2.14. The SMILES string of the molecule is CCCC[C@H](NC(=O)c1cccc(S(=O)(=O)NCC2CC2)c1)C(=O)O. The van der Waals surface area contributed by atoms with E-state index in [1.165, 1.54) is 24.3 Å². The zero-order valence-electron chi connectivity index (χ0n) is 14.2. The van der Waals surface area contributed by atoms with Crippen molar-refractivity contribution in [2.75, 3.05) is 6.54 Å². The van der Waals surface area contributed by atoms with Gasteiger partial charge in [-0.3, -0.25) is 4.79 Å². The monoisotopic (exact) mass is 368 g/mol. The molecule has 0 heterocycles. The average Bonchev–Trinajstić information content (AvgIpc) is 3.41. The van der Waals surface area contributed by atoms with Gasteiger partial charge in [-0.15, -0.1) is 0 Å². The van der Waals surface area contributed by atoms with E-state index in [9.17, 15) is 23.1 Å². The van der Waals surface area contributed by atoms with E-state index in [1.807, 2.05) is 6.92 Å². The van der Waals surface area contributed by atoms with Crippen molar-refractivity contribution in [1.29, 1.82) is 0 Å². The van der Waals surface area contributed by atoms with Crippen LogP contribution >= 0.6 is 0 Å². The average molecular weight is 368 g/mol. The molecule has 1 aromatic rings. The number of nitrogens with one attached hydrogen (secondary N) is 2. The van der Waals surface area contributed by atoms with Gasteiger partial charge in [0, 0.05) is 12.1 Å². The maximum absolute atomic E-state index is 12.3. The third-order valence-electron chi connectivity index (χ3n) is 4.12. The summed E-state index contributed by atoms with van der Waals surface area (Å²) in [5.74, 6) is -1.30. The van der Waals surface area contributed by atoms with Crippen molar-refractivity contribution in [3.63, 3.8) is 0 Å². The number of benzene rings is 1. The number of carboxylic acids is 1. The van der Waals surface area contributed by atoms with Crippen molar-refractivity contribution < 1.29 is 23.1 Å². The fourth-order valence-corrected chi connectivity index (χ4v) is 3.51. The number of amides is 1. The smallest absolute Gasteiger partial charge is 0.326 e. The number of hydrogen-bond donors (Lipinski definition) is 3. The highest BCUT2D eigenvalue weighted by atomic mass is 32.2. The van der Waals surface area contributed by atoms with E-state index in [0.717, 1.165) is 19.3 Å². The second kappa shape index (κ2) is 8.44. The number of unbranched alkanes of at least 4 members (excludes halogenated alkanes) is 1. The summed E-state index contributed by atoms with van der Waals surface area (Å²) in [4.78, 5) is 23.5. The van der Waals surface area contributed by atoms with Crippen molar-refractivity contribution >= 4 is 21.9 Å². The molecular weight excluding hydrogens is 344 g/mol. The predicted octanol–water partition coefficient (Wildman–Crippen LogP) is 1.75. The van der Waals surface area contributed by atoms with E-state index in [2.05, 4.69) is 10.0 Å². The van der Waals surface area contributed by atoms with Gasteiger partial charge in [0.1, 0.15) is 6.04 Å². The van der Waals surface area contributed by atoms with Gasteiger partial charge in [0.15, 0.2) is 0 Å². The molecule has 0 unspecified atom stereocenters. The molecule has 0 aromatic heterocycles. The van der Waals surface area contributed by atoms with E-state index in [-0.39, 0.29) is 10.5 Å². The summed E-state index contributed by atoms with van der Waals surface area (Å²) in [6.07, 6.45) is 3.88. The van der Waals surface area contributed by atoms with Crippen LogP contribution in [-0.2, 0) is 14.8 Å². The lowest BCUT2D eigenvalue weighted by Crippen LogP contribution is -2.40. The Morgan fingerprint density at radius 2 is 2.04 bits per heavy atom. The third-order valence-corrected chi connectivity index (χ3v) is 5.54. The van der Waals surface area contributed by atoms with E-state index < -0.39 is 27.9 Å². The van der Waals surface area contributed by atoms with E-state index in [0.29, 0.717) is 25.3 Å². The molecular formula is C17H24N2O5S. The summed E-state index contributed by atoms with van der Waals surface area (Å²) in [7, 11) is -3.68. The Labute approximate surface area is 147 Å². The lowest BCUT2D eigenvalue weighted by molar-refractivity contribution is -0.139. The van der Waals surface area contributed by atoms with Crippen LogP contribution in [0.5, 0.6) is 0 Å². The first-order valence-electron chi connectivity index (χ1n) is 8.47. The van der Waals surface area contributed by atoms with E-state index in [1.54, 1.807) is 0 Å². The van der Waals surface area contributed by atoms with Gasteiger partial charge in [-0.1, -0.05) is 25.8 Å². The summed E-state index contributed by atoms with van der Waals surface area (Å²) in [5.41, 5.74) is 0.122. The summed E-state index contributed by atoms with van der Waals surface area (Å²) in [6.45, 7) is 2.33. The molecule has 1 amide bonds. The highest BCUT2D eigenvalue weighted by Crippen LogP contribution is 2.28.